The molecule has 3 rings (SSSR count). The Morgan fingerprint density at radius 1 is 1.18 bits per heavy atom. The van der Waals surface area contributed by atoms with Crippen molar-refractivity contribution in [2.75, 3.05) is 24.7 Å². The fourth-order valence-electron chi connectivity index (χ4n) is 3.23. The molecule has 0 spiro atoms. The van der Waals surface area contributed by atoms with Gasteiger partial charge in [0.2, 0.25) is 15.9 Å². The smallest absolute Gasteiger partial charge is 0.244 e. The van der Waals surface area contributed by atoms with E-state index in [0.29, 0.717) is 12.8 Å². The van der Waals surface area contributed by atoms with Gasteiger partial charge in [0.1, 0.15) is 6.07 Å². The highest BCUT2D eigenvalue weighted by Gasteiger charge is 2.33. The second-order valence-corrected chi connectivity index (χ2v) is 9.29. The number of amides is 1. The van der Waals surface area contributed by atoms with Crippen molar-refractivity contribution in [3.63, 3.8) is 0 Å². The van der Waals surface area contributed by atoms with E-state index < -0.39 is 10.0 Å². The molecule has 1 N–H and O–H groups in total. The zero-order valence-corrected chi connectivity index (χ0v) is 17.1. The number of thioether (sulfide) groups is 1. The Kier molecular flexibility index (Phi) is 6.39. The molecule has 28 heavy (non-hydrogen) atoms. The first-order valence-corrected chi connectivity index (χ1v) is 11.6. The summed E-state index contributed by atoms with van der Waals surface area (Å²) in [5, 5.41) is 12.1. The summed E-state index contributed by atoms with van der Waals surface area (Å²) in [5.74, 6) is -0.330. The molecule has 2 aromatic rings. The number of hydrogen-bond donors (Lipinski definition) is 1. The number of carbonyl (C=O) groups excluding carboxylic acids is 1. The summed E-state index contributed by atoms with van der Waals surface area (Å²) >= 11 is 1.60. The lowest BCUT2D eigenvalue weighted by atomic mass is 9.97. The molecule has 0 saturated carbocycles. The fourth-order valence-corrected chi connectivity index (χ4v) is 5.30. The minimum atomic E-state index is -3.75. The fraction of sp³-hybridized carbons (Fsp3) is 0.300. The zero-order chi connectivity index (χ0) is 20.1. The first kappa shape index (κ1) is 20.4. The molecule has 1 aliphatic rings. The van der Waals surface area contributed by atoms with E-state index in [1.54, 1.807) is 23.9 Å². The van der Waals surface area contributed by atoms with Gasteiger partial charge in [-0.1, -0.05) is 18.2 Å². The first-order chi connectivity index (χ1) is 13.5. The van der Waals surface area contributed by atoms with Gasteiger partial charge < -0.3 is 5.32 Å². The predicted molar refractivity (Wildman–Crippen MR) is 109 cm³/mol. The lowest BCUT2D eigenvalue weighted by molar-refractivity contribution is -0.120. The molecule has 6 nitrogen and oxygen atoms in total. The molecule has 0 bridgehead atoms. The number of carbonyl (C=O) groups is 1. The third kappa shape index (κ3) is 4.38. The topological polar surface area (TPSA) is 90.3 Å². The number of nitrogens with one attached hydrogen (secondary N) is 1. The highest BCUT2D eigenvalue weighted by Crippen LogP contribution is 2.27. The van der Waals surface area contributed by atoms with Crippen LogP contribution >= 0.6 is 11.8 Å². The van der Waals surface area contributed by atoms with Gasteiger partial charge in [0.15, 0.2) is 0 Å². The summed E-state index contributed by atoms with van der Waals surface area (Å²) in [6.45, 7) is 0.510. The van der Waals surface area contributed by atoms with E-state index in [2.05, 4.69) is 5.32 Å². The van der Waals surface area contributed by atoms with Crippen LogP contribution in [0.3, 0.4) is 0 Å². The molecule has 1 heterocycles. The van der Waals surface area contributed by atoms with E-state index in [-0.39, 0.29) is 35.4 Å². The quantitative estimate of drug-likeness (QED) is 0.757. The van der Waals surface area contributed by atoms with E-state index in [4.69, 9.17) is 0 Å². The van der Waals surface area contributed by atoms with Crippen LogP contribution in [0.1, 0.15) is 18.4 Å². The van der Waals surface area contributed by atoms with Crippen LogP contribution in [0, 0.1) is 17.2 Å². The van der Waals surface area contributed by atoms with Gasteiger partial charge in [0, 0.05) is 29.6 Å². The minimum Gasteiger partial charge on any atom is -0.326 e. The van der Waals surface area contributed by atoms with Crippen LogP contribution in [0.4, 0.5) is 5.69 Å². The molecule has 1 amide bonds. The molecule has 0 radical (unpaired) electrons. The standard InChI is InChI=1S/C20H21N3O3S2/c1-27-18-7-4-6-17(13-18)22-20(24)15-9-11-23(12-10-15)28(25,26)19-8-3-2-5-16(19)14-21/h2-8,13,15H,9-12H2,1H3,(H,22,24). The Hall–Kier alpha value is -2.34. The van der Waals surface area contributed by atoms with Gasteiger partial charge >= 0.3 is 0 Å². The Labute approximate surface area is 169 Å². The minimum absolute atomic E-state index is 0.0225. The summed E-state index contributed by atoms with van der Waals surface area (Å²) in [7, 11) is -3.75. The number of nitrogens with zero attached hydrogens (tertiary/aromatic N) is 2. The molecule has 1 fully saturated rings. The molecule has 8 heteroatoms. The first-order valence-electron chi connectivity index (χ1n) is 8.90. The Morgan fingerprint density at radius 3 is 2.57 bits per heavy atom. The average Bonchev–Trinajstić information content (AvgIpc) is 2.73. The third-order valence-corrected chi connectivity index (χ3v) is 7.47. The van der Waals surface area contributed by atoms with Gasteiger partial charge in [-0.25, -0.2) is 8.42 Å². The maximum Gasteiger partial charge on any atom is 0.244 e. The number of rotatable bonds is 5. The number of anilines is 1. The van der Waals surface area contributed by atoms with Crippen molar-refractivity contribution in [3.05, 3.63) is 54.1 Å². The number of hydrogen-bond acceptors (Lipinski definition) is 5. The highest BCUT2D eigenvalue weighted by atomic mass is 32.2. The van der Waals surface area contributed by atoms with Crippen molar-refractivity contribution in [3.8, 4) is 6.07 Å². The number of nitriles is 1. The Morgan fingerprint density at radius 2 is 1.89 bits per heavy atom. The molecule has 0 aliphatic carbocycles. The van der Waals surface area contributed by atoms with Crippen molar-refractivity contribution in [2.24, 2.45) is 5.92 Å². The molecule has 0 aromatic heterocycles. The summed E-state index contributed by atoms with van der Waals surface area (Å²) in [6.07, 6.45) is 2.87. The zero-order valence-electron chi connectivity index (χ0n) is 15.5. The van der Waals surface area contributed by atoms with Gasteiger partial charge in [-0.15, -0.1) is 11.8 Å². The van der Waals surface area contributed by atoms with E-state index >= 15 is 0 Å². The molecule has 1 saturated heterocycles. The highest BCUT2D eigenvalue weighted by molar-refractivity contribution is 7.98. The van der Waals surface area contributed by atoms with E-state index in [0.717, 1.165) is 10.6 Å². The van der Waals surface area contributed by atoms with Crippen LogP contribution in [-0.2, 0) is 14.8 Å². The van der Waals surface area contributed by atoms with Crippen LogP contribution < -0.4 is 5.32 Å². The SMILES string of the molecule is CSc1cccc(NC(=O)C2CCN(S(=O)(=O)c3ccccc3C#N)CC2)c1. The van der Waals surface area contributed by atoms with Gasteiger partial charge in [-0.05, 0) is 49.4 Å². The van der Waals surface area contributed by atoms with Crippen molar-refractivity contribution in [2.45, 2.75) is 22.6 Å². The average molecular weight is 416 g/mol. The number of sulfonamides is 1. The van der Waals surface area contributed by atoms with Gasteiger partial charge in [-0.2, -0.15) is 9.57 Å². The molecule has 1 aliphatic heterocycles. The monoisotopic (exact) mass is 415 g/mol. The largest absolute Gasteiger partial charge is 0.326 e. The summed E-state index contributed by atoms with van der Waals surface area (Å²) in [4.78, 5) is 13.7. The van der Waals surface area contributed by atoms with Crippen LogP contribution in [-0.4, -0.2) is 38.0 Å². The van der Waals surface area contributed by atoms with Gasteiger partial charge in [0.05, 0.1) is 10.5 Å². The summed E-state index contributed by atoms with van der Waals surface area (Å²) in [5.41, 5.74) is 0.880. The van der Waals surface area contributed by atoms with Crippen molar-refractivity contribution >= 4 is 33.4 Å². The Balaban J connectivity index is 1.65. The van der Waals surface area contributed by atoms with Gasteiger partial charge in [0.25, 0.3) is 0 Å². The van der Waals surface area contributed by atoms with Crippen LogP contribution in [0.25, 0.3) is 0 Å². The van der Waals surface area contributed by atoms with E-state index in [1.807, 2.05) is 36.6 Å². The second kappa shape index (κ2) is 8.78. The van der Waals surface area contributed by atoms with Crippen LogP contribution in [0.15, 0.2) is 58.3 Å². The predicted octanol–water partition coefficient (Wildman–Crippen LogP) is 3.32. The van der Waals surface area contributed by atoms with Gasteiger partial charge in [-0.3, -0.25) is 4.79 Å². The van der Waals surface area contributed by atoms with E-state index in [9.17, 15) is 18.5 Å². The third-order valence-electron chi connectivity index (χ3n) is 4.79. The molecule has 146 valence electrons. The lowest BCUT2D eigenvalue weighted by Gasteiger charge is -2.30. The lowest BCUT2D eigenvalue weighted by Crippen LogP contribution is -2.41. The van der Waals surface area contributed by atoms with Crippen molar-refractivity contribution in [1.82, 2.24) is 4.31 Å². The van der Waals surface area contributed by atoms with Crippen LogP contribution in [0.5, 0.6) is 0 Å². The summed E-state index contributed by atoms with van der Waals surface area (Å²) < 4.78 is 27.1. The normalized spacial score (nSPS) is 15.7. The Bertz CT molecular complexity index is 1010. The van der Waals surface area contributed by atoms with Crippen LogP contribution in [0.2, 0.25) is 0 Å². The van der Waals surface area contributed by atoms with Crippen molar-refractivity contribution < 1.29 is 13.2 Å². The summed E-state index contributed by atoms with van der Waals surface area (Å²) in [6, 6.07) is 15.8. The molecule has 0 atom stereocenters. The second-order valence-electron chi connectivity index (χ2n) is 6.51. The maximum absolute atomic E-state index is 12.9. The molecular formula is C20H21N3O3S2. The number of benzene rings is 2. The molecule has 0 unspecified atom stereocenters. The number of piperidine rings is 1. The molecule has 2 aromatic carbocycles. The maximum atomic E-state index is 12.9. The molecular weight excluding hydrogens is 394 g/mol. The van der Waals surface area contributed by atoms with Crippen molar-refractivity contribution in [1.29, 1.82) is 5.26 Å². The van der Waals surface area contributed by atoms with E-state index in [1.165, 1.54) is 16.4 Å².